The van der Waals surface area contributed by atoms with E-state index in [0.717, 1.165) is 25.9 Å². The second kappa shape index (κ2) is 4.00. The first kappa shape index (κ1) is 10.4. The first-order valence-electron chi connectivity index (χ1n) is 4.36. The molecule has 0 aliphatic carbocycles. The number of nitrogens with zero attached hydrogens (tertiary/aromatic N) is 1. The van der Waals surface area contributed by atoms with E-state index in [9.17, 15) is 13.6 Å². The van der Waals surface area contributed by atoms with Crippen molar-refractivity contribution >= 4 is 5.97 Å². The Morgan fingerprint density at radius 1 is 1.38 bits per heavy atom. The fraction of sp³-hybridized carbons (Fsp3) is 0.875. The van der Waals surface area contributed by atoms with Gasteiger partial charge in [0.2, 0.25) is 0 Å². The van der Waals surface area contributed by atoms with Crippen molar-refractivity contribution in [1.29, 1.82) is 0 Å². The second-order valence-electron chi connectivity index (χ2n) is 3.31. The zero-order valence-electron chi connectivity index (χ0n) is 7.30. The number of aliphatic carboxylic acids is 1. The molecule has 13 heavy (non-hydrogen) atoms. The van der Waals surface area contributed by atoms with Gasteiger partial charge in [0.25, 0.3) is 0 Å². The van der Waals surface area contributed by atoms with Crippen LogP contribution in [0, 0.1) is 0 Å². The summed E-state index contributed by atoms with van der Waals surface area (Å²) in [5.74, 6) is -5.59. The zero-order chi connectivity index (χ0) is 9.90. The Kier molecular flexibility index (Phi) is 3.19. The minimum absolute atomic E-state index is 0.180. The number of hydrogen-bond acceptors (Lipinski definition) is 2. The number of halogens is 2. The molecule has 0 bridgehead atoms. The Morgan fingerprint density at radius 2 is 1.92 bits per heavy atom. The quantitative estimate of drug-likeness (QED) is 0.729. The molecule has 0 atom stereocenters. The third kappa shape index (κ3) is 2.91. The summed E-state index contributed by atoms with van der Waals surface area (Å²) in [6, 6.07) is 0. The van der Waals surface area contributed by atoms with E-state index in [2.05, 4.69) is 0 Å². The highest BCUT2D eigenvalue weighted by atomic mass is 19.3. The molecule has 0 aromatic carbocycles. The first-order valence-corrected chi connectivity index (χ1v) is 4.36. The summed E-state index contributed by atoms with van der Waals surface area (Å²) in [7, 11) is 0. The minimum atomic E-state index is -3.57. The molecule has 0 aromatic heterocycles. The molecule has 1 saturated heterocycles. The zero-order valence-corrected chi connectivity index (χ0v) is 7.30. The van der Waals surface area contributed by atoms with Crippen LogP contribution >= 0.6 is 0 Å². The van der Waals surface area contributed by atoms with Gasteiger partial charge in [0.15, 0.2) is 0 Å². The summed E-state index contributed by atoms with van der Waals surface area (Å²) < 4.78 is 25.1. The summed E-state index contributed by atoms with van der Waals surface area (Å²) >= 11 is 0. The molecule has 1 rings (SSSR count). The van der Waals surface area contributed by atoms with E-state index in [0.29, 0.717) is 0 Å². The Hall–Kier alpha value is -0.710. The highest BCUT2D eigenvalue weighted by Crippen LogP contribution is 2.20. The maximum atomic E-state index is 12.6. The van der Waals surface area contributed by atoms with Gasteiger partial charge in [-0.3, -0.25) is 0 Å². The highest BCUT2D eigenvalue weighted by molar-refractivity contribution is 5.75. The van der Waals surface area contributed by atoms with Crippen molar-refractivity contribution in [2.24, 2.45) is 0 Å². The van der Waals surface area contributed by atoms with E-state index >= 15 is 0 Å². The predicted octanol–water partition coefficient (Wildman–Crippen LogP) is 1.19. The normalized spacial score (nSPS) is 19.2. The van der Waals surface area contributed by atoms with E-state index < -0.39 is 18.3 Å². The van der Waals surface area contributed by atoms with Crippen molar-refractivity contribution in [3.05, 3.63) is 0 Å². The van der Waals surface area contributed by atoms with Gasteiger partial charge in [-0.2, -0.15) is 8.78 Å². The SMILES string of the molecule is O=C(O)C(F)(F)CCN1CCCC1. The van der Waals surface area contributed by atoms with Crippen LogP contribution in [0.3, 0.4) is 0 Å². The molecule has 1 N–H and O–H groups in total. The maximum Gasteiger partial charge on any atom is 0.374 e. The molecule has 5 heteroatoms. The summed E-state index contributed by atoms with van der Waals surface area (Å²) in [4.78, 5) is 11.9. The van der Waals surface area contributed by atoms with Crippen LogP contribution in [-0.2, 0) is 4.79 Å². The summed E-state index contributed by atoms with van der Waals surface area (Å²) in [6.07, 6.45) is 1.47. The van der Waals surface area contributed by atoms with Crippen LogP contribution in [0.15, 0.2) is 0 Å². The minimum Gasteiger partial charge on any atom is -0.477 e. The van der Waals surface area contributed by atoms with Gasteiger partial charge < -0.3 is 10.0 Å². The Bertz CT molecular complexity index is 191. The van der Waals surface area contributed by atoms with Crippen molar-refractivity contribution in [3.63, 3.8) is 0 Å². The molecule has 0 unspecified atom stereocenters. The predicted molar refractivity (Wildman–Crippen MR) is 42.9 cm³/mol. The average molecular weight is 193 g/mol. The van der Waals surface area contributed by atoms with Gasteiger partial charge >= 0.3 is 11.9 Å². The van der Waals surface area contributed by atoms with Crippen LogP contribution in [0.1, 0.15) is 19.3 Å². The number of rotatable bonds is 4. The molecule has 1 heterocycles. The van der Waals surface area contributed by atoms with E-state index in [1.807, 2.05) is 4.90 Å². The third-order valence-electron chi connectivity index (χ3n) is 2.25. The van der Waals surface area contributed by atoms with Crippen molar-refractivity contribution < 1.29 is 18.7 Å². The smallest absolute Gasteiger partial charge is 0.374 e. The summed E-state index contributed by atoms with van der Waals surface area (Å²) in [6.45, 7) is 1.81. The lowest BCUT2D eigenvalue weighted by Crippen LogP contribution is -2.33. The molecule has 1 fully saturated rings. The fourth-order valence-corrected chi connectivity index (χ4v) is 1.41. The van der Waals surface area contributed by atoms with Crippen molar-refractivity contribution in [2.75, 3.05) is 19.6 Å². The van der Waals surface area contributed by atoms with Crippen LogP contribution in [-0.4, -0.2) is 41.5 Å². The van der Waals surface area contributed by atoms with E-state index in [4.69, 9.17) is 5.11 Å². The van der Waals surface area contributed by atoms with Gasteiger partial charge in [0, 0.05) is 13.0 Å². The molecule has 0 saturated carbocycles. The molecule has 3 nitrogen and oxygen atoms in total. The van der Waals surface area contributed by atoms with Gasteiger partial charge in [-0.15, -0.1) is 0 Å². The topological polar surface area (TPSA) is 40.5 Å². The average Bonchev–Trinajstić information content (AvgIpc) is 2.52. The summed E-state index contributed by atoms with van der Waals surface area (Å²) in [5, 5.41) is 8.15. The largest absolute Gasteiger partial charge is 0.477 e. The monoisotopic (exact) mass is 193 g/mol. The maximum absolute atomic E-state index is 12.6. The van der Waals surface area contributed by atoms with Crippen LogP contribution in [0.25, 0.3) is 0 Å². The lowest BCUT2D eigenvalue weighted by molar-refractivity contribution is -0.166. The molecule has 76 valence electrons. The number of alkyl halides is 2. The Balaban J connectivity index is 2.28. The second-order valence-corrected chi connectivity index (χ2v) is 3.31. The lowest BCUT2D eigenvalue weighted by Gasteiger charge is -2.17. The number of hydrogen-bond donors (Lipinski definition) is 1. The van der Waals surface area contributed by atoms with E-state index in [1.54, 1.807) is 0 Å². The molecule has 0 spiro atoms. The van der Waals surface area contributed by atoms with Crippen LogP contribution in [0.2, 0.25) is 0 Å². The van der Waals surface area contributed by atoms with Gasteiger partial charge in [-0.1, -0.05) is 0 Å². The Morgan fingerprint density at radius 3 is 2.38 bits per heavy atom. The van der Waals surface area contributed by atoms with Crippen molar-refractivity contribution in [3.8, 4) is 0 Å². The van der Waals surface area contributed by atoms with Gasteiger partial charge in [-0.05, 0) is 25.9 Å². The van der Waals surface area contributed by atoms with Crippen LogP contribution < -0.4 is 0 Å². The molecule has 1 aliphatic rings. The summed E-state index contributed by atoms with van der Waals surface area (Å²) in [5.41, 5.74) is 0. The molecular formula is C8H13F2NO2. The standard InChI is InChI=1S/C8H13F2NO2/c9-8(10,7(12)13)3-6-11-4-1-2-5-11/h1-6H2,(H,12,13). The fourth-order valence-electron chi connectivity index (χ4n) is 1.41. The number of likely N-dealkylation sites (tertiary alicyclic amines) is 1. The molecule has 0 aromatic rings. The number of carboxylic acid groups (broad SMARTS) is 1. The highest BCUT2D eigenvalue weighted by Gasteiger charge is 2.38. The number of carboxylic acids is 1. The van der Waals surface area contributed by atoms with Gasteiger partial charge in [-0.25, -0.2) is 4.79 Å². The molecule has 1 aliphatic heterocycles. The van der Waals surface area contributed by atoms with Crippen LogP contribution in [0.4, 0.5) is 8.78 Å². The van der Waals surface area contributed by atoms with Crippen molar-refractivity contribution in [1.82, 2.24) is 4.90 Å². The third-order valence-corrected chi connectivity index (χ3v) is 2.25. The van der Waals surface area contributed by atoms with E-state index in [-0.39, 0.29) is 6.54 Å². The molecular weight excluding hydrogens is 180 g/mol. The Labute approximate surface area is 75.3 Å². The number of carbonyl (C=O) groups is 1. The first-order chi connectivity index (χ1) is 6.02. The van der Waals surface area contributed by atoms with E-state index in [1.165, 1.54) is 0 Å². The van der Waals surface area contributed by atoms with Gasteiger partial charge in [0.05, 0.1) is 0 Å². The molecule has 0 amide bonds. The lowest BCUT2D eigenvalue weighted by atomic mass is 10.2. The van der Waals surface area contributed by atoms with Crippen molar-refractivity contribution in [2.45, 2.75) is 25.2 Å². The van der Waals surface area contributed by atoms with Gasteiger partial charge in [0.1, 0.15) is 0 Å². The molecule has 0 radical (unpaired) electrons. The van der Waals surface area contributed by atoms with Crippen LogP contribution in [0.5, 0.6) is 0 Å².